The molecule has 0 aliphatic heterocycles. The molecule has 16 heavy (non-hydrogen) atoms. The van der Waals surface area contributed by atoms with Crippen LogP contribution in [0.3, 0.4) is 0 Å². The maximum Gasteiger partial charge on any atom is 0.302 e. The van der Waals surface area contributed by atoms with Crippen LogP contribution >= 0.6 is 0 Å². The first-order chi connectivity index (χ1) is 7.52. The Morgan fingerprint density at radius 1 is 1.62 bits per heavy atom. The number of hydrogen-bond acceptors (Lipinski definition) is 2. The molecule has 0 radical (unpaired) electrons. The van der Waals surface area contributed by atoms with E-state index in [1.54, 1.807) is 5.57 Å². The second-order valence-electron chi connectivity index (χ2n) is 5.10. The third kappa shape index (κ3) is 3.99. The van der Waals surface area contributed by atoms with Gasteiger partial charge in [-0.1, -0.05) is 31.9 Å². The molecule has 0 bridgehead atoms. The lowest BCUT2D eigenvalue weighted by atomic mass is 9.80. The maximum atomic E-state index is 10.9. The van der Waals surface area contributed by atoms with Crippen LogP contribution in [0.15, 0.2) is 11.6 Å². The molecule has 0 saturated heterocycles. The summed E-state index contributed by atoms with van der Waals surface area (Å²) < 4.78 is 5.28. The van der Waals surface area contributed by atoms with Crippen molar-refractivity contribution in [3.63, 3.8) is 0 Å². The monoisotopic (exact) mass is 224 g/mol. The highest BCUT2D eigenvalue weighted by Crippen LogP contribution is 2.32. The fourth-order valence-corrected chi connectivity index (χ4v) is 2.62. The van der Waals surface area contributed by atoms with Crippen molar-refractivity contribution < 1.29 is 9.53 Å². The van der Waals surface area contributed by atoms with Crippen LogP contribution in [0.2, 0.25) is 0 Å². The summed E-state index contributed by atoms with van der Waals surface area (Å²) in [6.07, 6.45) is 7.11. The van der Waals surface area contributed by atoms with Crippen molar-refractivity contribution in [2.45, 2.75) is 59.5 Å². The van der Waals surface area contributed by atoms with Crippen LogP contribution in [-0.2, 0) is 9.53 Å². The van der Waals surface area contributed by atoms with Crippen LogP contribution in [0, 0.1) is 11.8 Å². The van der Waals surface area contributed by atoms with Crippen LogP contribution in [-0.4, -0.2) is 12.1 Å². The number of rotatable bonds is 4. The van der Waals surface area contributed by atoms with E-state index in [0.717, 1.165) is 12.3 Å². The molecule has 0 fully saturated rings. The Morgan fingerprint density at radius 2 is 2.31 bits per heavy atom. The number of ether oxygens (including phenoxy) is 1. The third-order valence-electron chi connectivity index (χ3n) is 3.26. The summed E-state index contributed by atoms with van der Waals surface area (Å²) in [6, 6.07) is 0. The van der Waals surface area contributed by atoms with Gasteiger partial charge in [0.15, 0.2) is 0 Å². The Balaban J connectivity index is 2.64. The molecule has 2 nitrogen and oxygen atoms in total. The van der Waals surface area contributed by atoms with E-state index in [2.05, 4.69) is 19.9 Å². The van der Waals surface area contributed by atoms with Crippen molar-refractivity contribution in [3.8, 4) is 0 Å². The second kappa shape index (κ2) is 6.07. The number of carbonyl (C=O) groups is 1. The van der Waals surface area contributed by atoms with Crippen LogP contribution in [0.25, 0.3) is 0 Å². The Labute approximate surface area is 99.1 Å². The lowest BCUT2D eigenvalue weighted by Crippen LogP contribution is -2.26. The topological polar surface area (TPSA) is 26.3 Å². The predicted octanol–water partition coefficient (Wildman–Crippen LogP) is 3.71. The fraction of sp³-hybridized carbons (Fsp3) is 0.786. The molecule has 3 atom stereocenters. The number of allylic oxidation sites excluding steroid dienone is 1. The van der Waals surface area contributed by atoms with Crippen molar-refractivity contribution in [2.75, 3.05) is 0 Å². The van der Waals surface area contributed by atoms with E-state index < -0.39 is 0 Å². The molecule has 1 aliphatic rings. The summed E-state index contributed by atoms with van der Waals surface area (Å²) in [5, 5.41) is 0. The third-order valence-corrected chi connectivity index (χ3v) is 3.26. The summed E-state index contributed by atoms with van der Waals surface area (Å²) in [5.74, 6) is 0.958. The van der Waals surface area contributed by atoms with Gasteiger partial charge >= 0.3 is 5.97 Å². The van der Waals surface area contributed by atoms with Crippen molar-refractivity contribution in [3.05, 3.63) is 11.6 Å². The standard InChI is InChI=1S/C14H24O2/c1-5-6-13-7-10(2)8-14(9-13)11(3)16-12(4)15/h9-11,14H,5-8H2,1-4H3. The van der Waals surface area contributed by atoms with Crippen LogP contribution in [0.4, 0.5) is 0 Å². The van der Waals surface area contributed by atoms with Gasteiger partial charge in [0, 0.05) is 12.8 Å². The van der Waals surface area contributed by atoms with E-state index >= 15 is 0 Å². The zero-order valence-corrected chi connectivity index (χ0v) is 11.0. The van der Waals surface area contributed by atoms with E-state index in [1.165, 1.54) is 26.2 Å². The van der Waals surface area contributed by atoms with Gasteiger partial charge in [-0.15, -0.1) is 0 Å². The molecule has 0 saturated carbocycles. The summed E-state index contributed by atoms with van der Waals surface area (Å²) >= 11 is 0. The molecule has 0 spiro atoms. The van der Waals surface area contributed by atoms with Gasteiger partial charge in [0.1, 0.15) is 6.10 Å². The molecular formula is C14H24O2. The van der Waals surface area contributed by atoms with E-state index in [1.807, 2.05) is 6.92 Å². The molecule has 1 rings (SSSR count). The Hall–Kier alpha value is -0.790. The lowest BCUT2D eigenvalue weighted by molar-refractivity contribution is -0.147. The van der Waals surface area contributed by atoms with Gasteiger partial charge in [0.2, 0.25) is 0 Å². The average Bonchev–Trinajstić information content (AvgIpc) is 2.16. The summed E-state index contributed by atoms with van der Waals surface area (Å²) in [4.78, 5) is 10.9. The molecule has 2 heteroatoms. The Morgan fingerprint density at radius 3 is 2.88 bits per heavy atom. The van der Waals surface area contributed by atoms with E-state index in [9.17, 15) is 4.79 Å². The summed E-state index contributed by atoms with van der Waals surface area (Å²) in [6.45, 7) is 7.99. The first-order valence-electron chi connectivity index (χ1n) is 6.39. The fourth-order valence-electron chi connectivity index (χ4n) is 2.62. The summed E-state index contributed by atoms with van der Waals surface area (Å²) in [7, 11) is 0. The minimum Gasteiger partial charge on any atom is -0.462 e. The predicted molar refractivity (Wildman–Crippen MR) is 66.1 cm³/mol. The van der Waals surface area contributed by atoms with Crippen LogP contribution in [0.5, 0.6) is 0 Å². The lowest BCUT2D eigenvalue weighted by Gasteiger charge is -2.29. The number of carbonyl (C=O) groups excluding carboxylic acids is 1. The van der Waals surface area contributed by atoms with Crippen molar-refractivity contribution >= 4 is 5.97 Å². The zero-order valence-electron chi connectivity index (χ0n) is 11.0. The molecule has 0 aromatic carbocycles. The van der Waals surface area contributed by atoms with Crippen LogP contribution < -0.4 is 0 Å². The largest absolute Gasteiger partial charge is 0.462 e. The normalized spacial score (nSPS) is 27.1. The van der Waals surface area contributed by atoms with Gasteiger partial charge in [-0.25, -0.2) is 0 Å². The quantitative estimate of drug-likeness (QED) is 0.537. The molecule has 0 aromatic rings. The van der Waals surface area contributed by atoms with E-state index in [-0.39, 0.29) is 12.1 Å². The van der Waals surface area contributed by atoms with Gasteiger partial charge in [-0.2, -0.15) is 0 Å². The van der Waals surface area contributed by atoms with Gasteiger partial charge in [0.05, 0.1) is 0 Å². The maximum absolute atomic E-state index is 10.9. The highest BCUT2D eigenvalue weighted by molar-refractivity contribution is 5.66. The van der Waals surface area contributed by atoms with Crippen molar-refractivity contribution in [1.82, 2.24) is 0 Å². The van der Waals surface area contributed by atoms with Crippen LogP contribution in [0.1, 0.15) is 53.4 Å². The molecule has 1 aliphatic carbocycles. The number of hydrogen-bond donors (Lipinski definition) is 0. The molecule has 0 N–H and O–H groups in total. The van der Waals surface area contributed by atoms with Gasteiger partial charge in [-0.05, 0) is 32.1 Å². The molecule has 92 valence electrons. The SMILES string of the molecule is CCCC1=CC(C(C)OC(C)=O)CC(C)C1. The van der Waals surface area contributed by atoms with Gasteiger partial charge < -0.3 is 4.74 Å². The summed E-state index contributed by atoms with van der Waals surface area (Å²) in [5.41, 5.74) is 1.55. The highest BCUT2D eigenvalue weighted by Gasteiger charge is 2.25. The molecule has 0 amide bonds. The number of esters is 1. The molecule has 3 unspecified atom stereocenters. The molecule has 0 aromatic heterocycles. The second-order valence-corrected chi connectivity index (χ2v) is 5.10. The minimum absolute atomic E-state index is 0.0205. The zero-order chi connectivity index (χ0) is 12.1. The van der Waals surface area contributed by atoms with Crippen molar-refractivity contribution in [1.29, 1.82) is 0 Å². The first kappa shape index (κ1) is 13.3. The van der Waals surface area contributed by atoms with E-state index in [0.29, 0.717) is 5.92 Å². The van der Waals surface area contributed by atoms with Gasteiger partial charge in [0.25, 0.3) is 0 Å². The van der Waals surface area contributed by atoms with E-state index in [4.69, 9.17) is 4.74 Å². The Bertz CT molecular complexity index is 268. The Kier molecular flexibility index (Phi) is 5.04. The molecular weight excluding hydrogens is 200 g/mol. The average molecular weight is 224 g/mol. The van der Waals surface area contributed by atoms with Crippen molar-refractivity contribution in [2.24, 2.45) is 11.8 Å². The smallest absolute Gasteiger partial charge is 0.302 e. The molecule has 0 heterocycles. The van der Waals surface area contributed by atoms with Gasteiger partial charge in [-0.3, -0.25) is 4.79 Å². The minimum atomic E-state index is -0.170. The first-order valence-corrected chi connectivity index (χ1v) is 6.39. The highest BCUT2D eigenvalue weighted by atomic mass is 16.5.